The third-order valence-electron chi connectivity index (χ3n) is 6.61. The molecule has 0 aliphatic carbocycles. The molecule has 0 saturated heterocycles. The Labute approximate surface area is 269 Å². The van der Waals surface area contributed by atoms with Crippen LogP contribution in [-0.2, 0) is 34.2 Å². The molecule has 9 nitrogen and oxygen atoms in total. The molecule has 4 rings (SSSR count). The number of hydrogen-bond donors (Lipinski definition) is 2. The van der Waals surface area contributed by atoms with Crippen LogP contribution in [0, 0.1) is 0 Å². The van der Waals surface area contributed by atoms with Crippen molar-refractivity contribution in [1.29, 1.82) is 0 Å². The normalized spacial score (nSPS) is 12.5. The molecule has 0 aliphatic heterocycles. The largest absolute Gasteiger partial charge is 0.486 e. The summed E-state index contributed by atoms with van der Waals surface area (Å²) in [7, 11) is -5.62. The van der Waals surface area contributed by atoms with Crippen molar-refractivity contribution in [3.05, 3.63) is 105 Å². The highest BCUT2D eigenvalue weighted by Crippen LogP contribution is 2.25. The van der Waals surface area contributed by atoms with Crippen molar-refractivity contribution in [3.8, 4) is 5.75 Å². The van der Waals surface area contributed by atoms with Gasteiger partial charge >= 0.3 is 5.97 Å². The Kier molecular flexibility index (Phi) is 12.1. The van der Waals surface area contributed by atoms with Gasteiger partial charge in [-0.15, -0.1) is 11.3 Å². The Hall–Kier alpha value is -3.13. The number of carboxylic acids is 1. The maximum Gasteiger partial charge on any atom is 0.337 e. The Bertz CT molecular complexity index is 1690. The van der Waals surface area contributed by atoms with Gasteiger partial charge in [0.1, 0.15) is 28.3 Å². The van der Waals surface area contributed by atoms with Gasteiger partial charge in [-0.3, -0.25) is 0 Å². The fourth-order valence-electron chi connectivity index (χ4n) is 4.25. The molecule has 44 heavy (non-hydrogen) atoms. The zero-order chi connectivity index (χ0) is 31.7. The number of benzene rings is 3. The number of aromatic nitrogens is 1. The fourth-order valence-corrected chi connectivity index (χ4v) is 7.77. The molecule has 0 amide bonds. The van der Waals surface area contributed by atoms with Crippen molar-refractivity contribution in [2.75, 3.05) is 13.1 Å². The van der Waals surface area contributed by atoms with Crippen molar-refractivity contribution in [1.82, 2.24) is 14.0 Å². The summed E-state index contributed by atoms with van der Waals surface area (Å²) < 4.78 is 50.4. The summed E-state index contributed by atoms with van der Waals surface area (Å²) in [6.45, 7) is 4.96. The van der Waals surface area contributed by atoms with Crippen LogP contribution in [0.25, 0.3) is 0 Å². The summed E-state index contributed by atoms with van der Waals surface area (Å²) in [6.07, 6.45) is 0.971. The van der Waals surface area contributed by atoms with Crippen molar-refractivity contribution in [2.45, 2.75) is 55.5 Å². The molecule has 0 fully saturated rings. The first kappa shape index (κ1) is 33.8. The lowest BCUT2D eigenvalue weighted by atomic mass is 10.2. The summed E-state index contributed by atoms with van der Waals surface area (Å²) >= 11 is 7.43. The number of unbranched alkanes of at least 4 members (excludes halogenated alkanes) is 1. The number of halogens is 1. The van der Waals surface area contributed by atoms with Gasteiger partial charge in [0.05, 0.1) is 21.0 Å². The van der Waals surface area contributed by atoms with Crippen LogP contribution in [0.1, 0.15) is 59.2 Å². The molecular formula is C31H34ClN3O6S3. The summed E-state index contributed by atoms with van der Waals surface area (Å²) in [6, 6.07) is 19.4. The van der Waals surface area contributed by atoms with Crippen molar-refractivity contribution >= 4 is 49.9 Å². The van der Waals surface area contributed by atoms with Gasteiger partial charge in [0.15, 0.2) is 0 Å². The van der Waals surface area contributed by atoms with E-state index in [1.54, 1.807) is 48.5 Å². The van der Waals surface area contributed by atoms with Crippen LogP contribution in [0.3, 0.4) is 0 Å². The van der Waals surface area contributed by atoms with Gasteiger partial charge in [0.2, 0.25) is 10.0 Å². The van der Waals surface area contributed by atoms with Crippen LogP contribution < -0.4 is 9.46 Å². The van der Waals surface area contributed by atoms with Gasteiger partial charge in [-0.05, 0) is 72.9 Å². The molecule has 0 saturated carbocycles. The van der Waals surface area contributed by atoms with Crippen LogP contribution in [0.15, 0.2) is 88.0 Å². The minimum absolute atomic E-state index is 0.00632. The number of carboxylic acid groups (broad SMARTS) is 1. The minimum atomic E-state index is -4.19. The van der Waals surface area contributed by atoms with E-state index in [1.165, 1.54) is 39.9 Å². The standard InChI is InChI=1S/C31H34ClN3O6S3/c1-22(2)28-21-42-30(34-28)20-41-25-9-7-8-23(18-25)19-35(44(39,40)29-11-4-3-10-27(29)31(36)37)17-6-5-16-33-43(38)26-14-12-24(32)13-15-26/h3-4,7-15,18,21-22,33H,5-6,16-17,19-20H2,1-2H3,(H,36,37). The number of hydrogen-bond acceptors (Lipinski definition) is 7. The molecular weight excluding hydrogens is 642 g/mol. The SMILES string of the molecule is CC(C)c1csc(COc2cccc(CN(CCCCNS(=O)c3ccc(Cl)cc3)S(=O)(=O)c3ccccc3C(=O)O)c2)n1. The minimum Gasteiger partial charge on any atom is -0.486 e. The van der Waals surface area contributed by atoms with Crippen LogP contribution >= 0.6 is 22.9 Å². The summed E-state index contributed by atoms with van der Waals surface area (Å²) in [4.78, 5) is 16.8. The first-order valence-electron chi connectivity index (χ1n) is 13.9. The van der Waals surface area contributed by atoms with E-state index in [0.29, 0.717) is 53.1 Å². The molecule has 0 radical (unpaired) electrons. The number of sulfonamides is 1. The molecule has 234 valence electrons. The predicted molar refractivity (Wildman–Crippen MR) is 173 cm³/mol. The smallest absolute Gasteiger partial charge is 0.337 e. The van der Waals surface area contributed by atoms with Crippen LogP contribution in [0.4, 0.5) is 0 Å². The highest BCUT2D eigenvalue weighted by molar-refractivity contribution is 7.89. The van der Waals surface area contributed by atoms with Crippen molar-refractivity contribution in [3.63, 3.8) is 0 Å². The molecule has 1 unspecified atom stereocenters. The zero-order valence-corrected chi connectivity index (χ0v) is 27.5. The van der Waals surface area contributed by atoms with E-state index in [-0.39, 0.29) is 23.5 Å². The molecule has 2 N–H and O–H groups in total. The monoisotopic (exact) mass is 675 g/mol. The zero-order valence-electron chi connectivity index (χ0n) is 24.3. The lowest BCUT2D eigenvalue weighted by Crippen LogP contribution is -2.33. The molecule has 3 aromatic carbocycles. The number of nitrogens with one attached hydrogen (secondary N) is 1. The Morgan fingerprint density at radius 3 is 2.55 bits per heavy atom. The predicted octanol–water partition coefficient (Wildman–Crippen LogP) is 6.48. The van der Waals surface area contributed by atoms with E-state index in [0.717, 1.165) is 10.7 Å². The number of thiazole rings is 1. The van der Waals surface area contributed by atoms with Gasteiger partial charge in [0, 0.05) is 30.0 Å². The second-order valence-electron chi connectivity index (χ2n) is 10.2. The van der Waals surface area contributed by atoms with Gasteiger partial charge in [-0.25, -0.2) is 27.1 Å². The number of aromatic carboxylic acids is 1. The summed E-state index contributed by atoms with van der Waals surface area (Å²) in [5.41, 5.74) is 1.40. The van der Waals surface area contributed by atoms with E-state index in [1.807, 2.05) is 5.38 Å². The second kappa shape index (κ2) is 15.7. The van der Waals surface area contributed by atoms with E-state index in [2.05, 4.69) is 23.6 Å². The Morgan fingerprint density at radius 1 is 1.09 bits per heavy atom. The van der Waals surface area contributed by atoms with Gasteiger partial charge in [0.25, 0.3) is 0 Å². The molecule has 1 heterocycles. The first-order chi connectivity index (χ1) is 21.0. The first-order valence-corrected chi connectivity index (χ1v) is 17.8. The maximum atomic E-state index is 13.8. The molecule has 4 aromatic rings. The Morgan fingerprint density at radius 2 is 1.84 bits per heavy atom. The van der Waals surface area contributed by atoms with E-state index in [9.17, 15) is 22.5 Å². The average molecular weight is 676 g/mol. The summed E-state index contributed by atoms with van der Waals surface area (Å²) in [5, 5.41) is 13.1. The van der Waals surface area contributed by atoms with Crippen LogP contribution in [0.2, 0.25) is 5.02 Å². The second-order valence-corrected chi connectivity index (χ2v) is 14.8. The van der Waals surface area contributed by atoms with Crippen molar-refractivity contribution < 1.29 is 27.3 Å². The van der Waals surface area contributed by atoms with Crippen molar-refractivity contribution in [2.24, 2.45) is 0 Å². The highest BCUT2D eigenvalue weighted by Gasteiger charge is 2.29. The molecule has 0 aliphatic rings. The summed E-state index contributed by atoms with van der Waals surface area (Å²) in [5.74, 6) is -0.430. The highest BCUT2D eigenvalue weighted by atomic mass is 35.5. The lowest BCUT2D eigenvalue weighted by Gasteiger charge is -2.23. The maximum absolute atomic E-state index is 13.8. The number of ether oxygens (including phenoxy) is 1. The topological polar surface area (TPSA) is 126 Å². The average Bonchev–Trinajstić information content (AvgIpc) is 3.49. The quantitative estimate of drug-likeness (QED) is 0.130. The van der Waals surface area contributed by atoms with E-state index in [4.69, 9.17) is 16.3 Å². The third-order valence-corrected chi connectivity index (χ3v) is 10.8. The van der Waals surface area contributed by atoms with Crippen LogP contribution in [-0.4, -0.2) is 46.1 Å². The molecule has 1 aromatic heterocycles. The van der Waals surface area contributed by atoms with E-state index < -0.39 is 27.0 Å². The molecule has 0 bridgehead atoms. The lowest BCUT2D eigenvalue weighted by molar-refractivity contribution is 0.0692. The van der Waals surface area contributed by atoms with Crippen LogP contribution in [0.5, 0.6) is 5.75 Å². The van der Waals surface area contributed by atoms with Gasteiger partial charge in [-0.2, -0.15) is 4.31 Å². The number of nitrogens with zero attached hydrogens (tertiary/aromatic N) is 2. The fraction of sp³-hybridized carbons (Fsp3) is 0.290. The van der Waals surface area contributed by atoms with Gasteiger partial charge in [-0.1, -0.05) is 49.7 Å². The van der Waals surface area contributed by atoms with E-state index >= 15 is 0 Å². The molecule has 13 heteroatoms. The third kappa shape index (κ3) is 9.19. The molecule has 1 atom stereocenters. The molecule has 0 spiro atoms. The Balaban J connectivity index is 1.46. The number of carbonyl (C=O) groups is 1. The van der Waals surface area contributed by atoms with Gasteiger partial charge < -0.3 is 9.84 Å². The number of rotatable bonds is 16.